The Labute approximate surface area is 219 Å². The maximum atomic E-state index is 12.7. The van der Waals surface area contributed by atoms with Gasteiger partial charge in [0.15, 0.2) is 14.6 Å². The van der Waals surface area contributed by atoms with Crippen molar-refractivity contribution in [1.29, 1.82) is 0 Å². The number of hydroxylamine groups is 1. The molecule has 0 aliphatic carbocycles. The van der Waals surface area contributed by atoms with Crippen LogP contribution in [0.15, 0.2) is 35.3 Å². The number of rotatable bonds is 10. The average molecular weight is 562 g/mol. The van der Waals surface area contributed by atoms with Gasteiger partial charge in [-0.15, -0.1) is 0 Å². The molecule has 2 aromatic rings. The van der Waals surface area contributed by atoms with Gasteiger partial charge in [-0.05, 0) is 37.1 Å². The van der Waals surface area contributed by atoms with Crippen LogP contribution in [0.4, 0.5) is 0 Å². The molecule has 1 atom stereocenters. The van der Waals surface area contributed by atoms with Crippen molar-refractivity contribution in [3.63, 3.8) is 0 Å². The van der Waals surface area contributed by atoms with Crippen LogP contribution in [-0.4, -0.2) is 79.5 Å². The van der Waals surface area contributed by atoms with E-state index >= 15 is 0 Å². The van der Waals surface area contributed by atoms with Crippen molar-refractivity contribution in [1.82, 2.24) is 14.9 Å². The molecule has 0 saturated carbocycles. The Kier molecular flexibility index (Phi) is 9.42. The van der Waals surface area contributed by atoms with Crippen LogP contribution in [-0.2, 0) is 25.9 Å². The molecule has 2 heterocycles. The summed E-state index contributed by atoms with van der Waals surface area (Å²) in [6.07, 6.45) is 2.16. The Morgan fingerprint density at radius 2 is 1.89 bits per heavy atom. The number of nitrogens with one attached hydrogen (secondary N) is 1. The lowest BCUT2D eigenvalue weighted by Gasteiger charge is -2.26. The molecule has 0 bridgehead atoms. The molecule has 2 N–H and O–H groups in total. The molecule has 1 aromatic carbocycles. The molecule has 198 valence electrons. The zero-order valence-electron chi connectivity index (χ0n) is 20.0. The Hall–Kier alpha value is -2.15. The number of pyridine rings is 1. The molecular weight excluding hydrogens is 533 g/mol. The molecule has 1 aliphatic rings. The van der Waals surface area contributed by atoms with Crippen molar-refractivity contribution in [2.24, 2.45) is 0 Å². The highest BCUT2D eigenvalue weighted by atomic mass is 35.5. The van der Waals surface area contributed by atoms with Crippen molar-refractivity contribution in [2.75, 3.05) is 45.7 Å². The van der Waals surface area contributed by atoms with Crippen LogP contribution >= 0.6 is 23.2 Å². The smallest absolute Gasteiger partial charge is 0.264 e. The van der Waals surface area contributed by atoms with Crippen molar-refractivity contribution in [3.05, 3.63) is 50.9 Å². The lowest BCUT2D eigenvalue weighted by molar-refractivity contribution is -0.131. The zero-order chi connectivity index (χ0) is 26.5. The van der Waals surface area contributed by atoms with E-state index in [9.17, 15) is 18.0 Å². The highest BCUT2D eigenvalue weighted by molar-refractivity contribution is 7.92. The Bertz CT molecular complexity index is 1260. The van der Waals surface area contributed by atoms with Crippen LogP contribution in [0.2, 0.25) is 10.0 Å². The van der Waals surface area contributed by atoms with E-state index in [0.717, 1.165) is 25.9 Å². The van der Waals surface area contributed by atoms with E-state index in [2.05, 4.69) is 4.90 Å². The summed E-state index contributed by atoms with van der Waals surface area (Å²) < 4.78 is 34.8. The number of benzene rings is 1. The van der Waals surface area contributed by atoms with Crippen LogP contribution in [0, 0.1) is 0 Å². The lowest BCUT2D eigenvalue weighted by Crippen LogP contribution is -2.49. The van der Waals surface area contributed by atoms with Crippen LogP contribution in [0.25, 0.3) is 11.1 Å². The molecular formula is C23H29Cl2N3O7S. The fourth-order valence-corrected chi connectivity index (χ4v) is 5.08. The molecule has 36 heavy (non-hydrogen) atoms. The Morgan fingerprint density at radius 3 is 2.50 bits per heavy atom. The number of sulfone groups is 1. The number of hydrogen-bond donors (Lipinski definition) is 2. The second-order valence-electron chi connectivity index (χ2n) is 8.68. The maximum absolute atomic E-state index is 12.7. The number of aromatic nitrogens is 1. The van der Waals surface area contributed by atoms with Crippen molar-refractivity contribution >= 4 is 38.9 Å². The highest BCUT2D eigenvalue weighted by Gasteiger charge is 2.43. The number of amides is 1. The van der Waals surface area contributed by atoms with Gasteiger partial charge in [-0.1, -0.05) is 23.2 Å². The maximum Gasteiger partial charge on any atom is 0.264 e. The Balaban J connectivity index is 1.72. The normalized spacial score (nSPS) is 16.4. The van der Waals surface area contributed by atoms with E-state index in [0.29, 0.717) is 36.7 Å². The first-order chi connectivity index (χ1) is 17.0. The Morgan fingerprint density at radius 1 is 1.19 bits per heavy atom. The summed E-state index contributed by atoms with van der Waals surface area (Å²) >= 11 is 12.9. The molecule has 0 unspecified atom stereocenters. The van der Waals surface area contributed by atoms with Gasteiger partial charge in [-0.25, -0.2) is 13.9 Å². The van der Waals surface area contributed by atoms with Gasteiger partial charge in [0.05, 0.1) is 18.2 Å². The number of nitrogens with zero attached hydrogens (tertiary/aromatic N) is 2. The summed E-state index contributed by atoms with van der Waals surface area (Å²) in [6.45, 7) is 5.40. The molecule has 1 aromatic heterocycles. The quantitative estimate of drug-likeness (QED) is 0.334. The van der Waals surface area contributed by atoms with Gasteiger partial charge in [0, 0.05) is 50.3 Å². The van der Waals surface area contributed by atoms with E-state index < -0.39 is 26.1 Å². The molecule has 1 fully saturated rings. The minimum atomic E-state index is -3.88. The third-order valence-corrected chi connectivity index (χ3v) is 9.24. The van der Waals surface area contributed by atoms with Gasteiger partial charge in [-0.3, -0.25) is 19.7 Å². The van der Waals surface area contributed by atoms with Gasteiger partial charge in [0.2, 0.25) is 0 Å². The molecule has 1 saturated heterocycles. The van der Waals surface area contributed by atoms with Crippen LogP contribution in [0.3, 0.4) is 0 Å². The summed E-state index contributed by atoms with van der Waals surface area (Å²) in [5.41, 5.74) is 2.01. The molecule has 13 heteroatoms. The first-order valence-corrected chi connectivity index (χ1v) is 13.9. The molecule has 0 spiro atoms. The summed E-state index contributed by atoms with van der Waals surface area (Å²) in [5.74, 6) is -0.627. The van der Waals surface area contributed by atoms with E-state index in [-0.39, 0.29) is 23.0 Å². The summed E-state index contributed by atoms with van der Waals surface area (Å²) in [6, 6.07) is 6.39. The fraction of sp³-hybridized carbons (Fsp3) is 0.478. The number of carbonyl (C=O) groups excluding carboxylic acids is 1. The van der Waals surface area contributed by atoms with E-state index in [1.165, 1.54) is 29.2 Å². The molecule has 1 aliphatic heterocycles. The van der Waals surface area contributed by atoms with Gasteiger partial charge in [-0.2, -0.15) is 0 Å². The molecule has 10 nitrogen and oxygen atoms in total. The second kappa shape index (κ2) is 11.9. The molecule has 1 amide bonds. The minimum Gasteiger partial charge on any atom is -0.491 e. The predicted molar refractivity (Wildman–Crippen MR) is 137 cm³/mol. The highest BCUT2D eigenvalue weighted by Crippen LogP contribution is 2.39. The van der Waals surface area contributed by atoms with Crippen molar-refractivity contribution in [3.8, 4) is 16.9 Å². The van der Waals surface area contributed by atoms with Crippen LogP contribution in [0.5, 0.6) is 5.75 Å². The van der Waals surface area contributed by atoms with Gasteiger partial charge < -0.3 is 14.0 Å². The fourth-order valence-electron chi connectivity index (χ4n) is 3.76. The minimum absolute atomic E-state index is 0.0689. The van der Waals surface area contributed by atoms with E-state index in [1.54, 1.807) is 18.2 Å². The first kappa shape index (κ1) is 28.4. The number of aryl methyl sites for hydroxylation is 1. The van der Waals surface area contributed by atoms with Crippen molar-refractivity contribution in [2.45, 2.75) is 24.6 Å². The number of ether oxygens (including phenoxy) is 2. The first-order valence-electron chi connectivity index (χ1n) is 11.2. The van der Waals surface area contributed by atoms with Gasteiger partial charge in [0.25, 0.3) is 11.5 Å². The third-order valence-electron chi connectivity index (χ3n) is 6.35. The zero-order valence-corrected chi connectivity index (χ0v) is 22.3. The summed E-state index contributed by atoms with van der Waals surface area (Å²) in [4.78, 5) is 27.0. The van der Waals surface area contributed by atoms with Gasteiger partial charge in [0.1, 0.15) is 17.4 Å². The number of hydrogen-bond acceptors (Lipinski definition) is 8. The number of carbonyl (C=O) groups is 1. The van der Waals surface area contributed by atoms with Crippen molar-refractivity contribution < 1.29 is 27.9 Å². The predicted octanol–water partition coefficient (Wildman–Crippen LogP) is 2.23. The standard InChI is InChI=1S/C23H29Cl2N3O7S/c1-23(22(30)26-31,36(2,32)33)6-8-28-7-5-16(15-19(28)29)17-3-4-18(21(25)20(17)24)35-14-11-27-9-12-34-13-10-27/h3-5,7,15,31H,6,8-14H2,1-2H3,(H,26,30)/t23-/m1/s1. The summed E-state index contributed by atoms with van der Waals surface area (Å²) in [5, 5.41) is 9.43. The van der Waals surface area contributed by atoms with Gasteiger partial charge >= 0.3 is 0 Å². The third kappa shape index (κ3) is 6.39. The molecule has 3 rings (SSSR count). The summed E-state index contributed by atoms with van der Waals surface area (Å²) in [7, 11) is -3.88. The number of morpholine rings is 1. The second-order valence-corrected chi connectivity index (χ2v) is 11.9. The van der Waals surface area contributed by atoms with Crippen LogP contribution < -0.4 is 15.8 Å². The average Bonchev–Trinajstić information content (AvgIpc) is 2.85. The van der Waals surface area contributed by atoms with E-state index in [4.69, 9.17) is 37.9 Å². The largest absolute Gasteiger partial charge is 0.491 e. The van der Waals surface area contributed by atoms with E-state index in [1.807, 2.05) is 0 Å². The lowest BCUT2D eigenvalue weighted by atomic mass is 10.1. The topological polar surface area (TPSA) is 127 Å². The monoisotopic (exact) mass is 561 g/mol. The molecule has 0 radical (unpaired) electrons. The number of halogens is 2. The SMILES string of the molecule is C[C@@](CCn1ccc(-c2ccc(OCCN3CCOCC3)c(Cl)c2Cl)cc1=O)(C(=O)NO)S(C)(=O)=O. The van der Waals surface area contributed by atoms with Crippen LogP contribution in [0.1, 0.15) is 13.3 Å².